The molecule has 106 valence electrons. The molecular formula is C17H23N3. The number of pyridine rings is 1. The van der Waals surface area contributed by atoms with E-state index in [0.29, 0.717) is 0 Å². The molecule has 2 N–H and O–H groups in total. The van der Waals surface area contributed by atoms with Crippen LogP contribution in [0.4, 0.5) is 0 Å². The molecule has 0 radical (unpaired) electrons. The van der Waals surface area contributed by atoms with Crippen molar-refractivity contribution in [3.8, 4) is 0 Å². The van der Waals surface area contributed by atoms with Crippen LogP contribution in [-0.2, 0) is 6.54 Å². The van der Waals surface area contributed by atoms with Crippen LogP contribution >= 0.6 is 0 Å². The first kappa shape index (κ1) is 14.7. The summed E-state index contributed by atoms with van der Waals surface area (Å²) < 4.78 is 0. The molecule has 0 fully saturated rings. The summed E-state index contributed by atoms with van der Waals surface area (Å²) in [5, 5.41) is 0. The Balaban J connectivity index is 2.18. The molecule has 0 saturated carbocycles. The average molecular weight is 269 g/mol. The molecule has 2 atom stereocenters. The van der Waals surface area contributed by atoms with Crippen LogP contribution in [0.5, 0.6) is 0 Å². The summed E-state index contributed by atoms with van der Waals surface area (Å²) in [4.78, 5) is 6.50. The van der Waals surface area contributed by atoms with Gasteiger partial charge >= 0.3 is 0 Å². The summed E-state index contributed by atoms with van der Waals surface area (Å²) in [6, 6.07) is 12.9. The average Bonchev–Trinajstić information content (AvgIpc) is 2.39. The third kappa shape index (κ3) is 3.65. The van der Waals surface area contributed by atoms with Crippen molar-refractivity contribution in [1.29, 1.82) is 0 Å². The number of nitrogens with two attached hydrogens (primary N) is 1. The number of benzene rings is 1. The molecule has 2 unspecified atom stereocenters. The number of rotatable bonds is 5. The van der Waals surface area contributed by atoms with E-state index >= 15 is 0 Å². The zero-order valence-corrected chi connectivity index (χ0v) is 12.5. The first-order valence-electron chi connectivity index (χ1n) is 6.99. The van der Waals surface area contributed by atoms with E-state index in [1.807, 2.05) is 19.2 Å². The summed E-state index contributed by atoms with van der Waals surface area (Å²) in [5.41, 5.74) is 9.94. The van der Waals surface area contributed by atoms with E-state index in [9.17, 15) is 0 Å². The number of hydrogen-bond donors (Lipinski definition) is 1. The lowest BCUT2D eigenvalue weighted by Crippen LogP contribution is -2.37. The summed E-state index contributed by atoms with van der Waals surface area (Å²) in [5.74, 6) is 0. The molecule has 3 heteroatoms. The van der Waals surface area contributed by atoms with Crippen LogP contribution in [0.1, 0.15) is 29.7 Å². The Hall–Kier alpha value is -1.71. The normalized spacial score (nSPS) is 14.2. The van der Waals surface area contributed by atoms with Crippen LogP contribution in [0, 0.1) is 6.92 Å². The van der Waals surface area contributed by atoms with Gasteiger partial charge in [-0.15, -0.1) is 0 Å². The van der Waals surface area contributed by atoms with Gasteiger partial charge in [-0.3, -0.25) is 9.88 Å². The number of aryl methyl sites for hydroxylation is 1. The minimum atomic E-state index is 0.0500. The molecule has 3 nitrogen and oxygen atoms in total. The van der Waals surface area contributed by atoms with Crippen molar-refractivity contribution < 1.29 is 0 Å². The molecular weight excluding hydrogens is 246 g/mol. The smallest absolute Gasteiger partial charge is 0.0512 e. The molecule has 0 bridgehead atoms. The zero-order valence-electron chi connectivity index (χ0n) is 12.5. The molecule has 0 aliphatic carbocycles. The highest BCUT2D eigenvalue weighted by molar-refractivity contribution is 5.23. The fraction of sp³-hybridized carbons (Fsp3) is 0.353. The standard InChI is InChI=1S/C17H23N3/c1-13-6-4-7-15(10-13)12-20(3)17(14(2)18)16-8-5-9-19-11-16/h4-11,14,17H,12,18H2,1-3H3. The molecule has 1 aromatic carbocycles. The minimum absolute atomic E-state index is 0.0500. The lowest BCUT2D eigenvalue weighted by Gasteiger charge is -2.31. The van der Waals surface area contributed by atoms with E-state index < -0.39 is 0 Å². The van der Waals surface area contributed by atoms with Crippen LogP contribution in [0.25, 0.3) is 0 Å². The van der Waals surface area contributed by atoms with Crippen LogP contribution in [0.15, 0.2) is 48.8 Å². The number of likely N-dealkylation sites (N-methyl/N-ethyl adjacent to an activating group) is 1. The summed E-state index contributed by atoms with van der Waals surface area (Å²) in [7, 11) is 2.11. The number of aromatic nitrogens is 1. The summed E-state index contributed by atoms with van der Waals surface area (Å²) in [6.07, 6.45) is 3.70. The van der Waals surface area contributed by atoms with Gasteiger partial charge in [0.2, 0.25) is 0 Å². The lowest BCUT2D eigenvalue weighted by molar-refractivity contribution is 0.210. The van der Waals surface area contributed by atoms with Crippen LogP contribution in [0.3, 0.4) is 0 Å². The predicted molar refractivity (Wildman–Crippen MR) is 83.3 cm³/mol. The minimum Gasteiger partial charge on any atom is -0.326 e. The Kier molecular flexibility index (Phi) is 4.88. The van der Waals surface area contributed by atoms with E-state index in [2.05, 4.69) is 54.2 Å². The van der Waals surface area contributed by atoms with E-state index in [1.165, 1.54) is 11.1 Å². The van der Waals surface area contributed by atoms with Gasteiger partial charge in [0.05, 0.1) is 6.04 Å². The topological polar surface area (TPSA) is 42.2 Å². The van der Waals surface area contributed by atoms with Crippen LogP contribution in [-0.4, -0.2) is 23.0 Å². The van der Waals surface area contributed by atoms with Crippen molar-refractivity contribution in [1.82, 2.24) is 9.88 Å². The second kappa shape index (κ2) is 6.64. The SMILES string of the molecule is Cc1cccc(CN(C)C(c2cccnc2)C(C)N)c1. The van der Waals surface area contributed by atoms with Crippen molar-refractivity contribution in [3.63, 3.8) is 0 Å². The van der Waals surface area contributed by atoms with E-state index in [-0.39, 0.29) is 12.1 Å². The Morgan fingerprint density at radius 3 is 2.65 bits per heavy atom. The quantitative estimate of drug-likeness (QED) is 0.907. The van der Waals surface area contributed by atoms with Gasteiger partial charge in [-0.1, -0.05) is 35.9 Å². The highest BCUT2D eigenvalue weighted by Crippen LogP contribution is 2.23. The van der Waals surface area contributed by atoms with Crippen molar-refractivity contribution >= 4 is 0 Å². The van der Waals surface area contributed by atoms with Gasteiger partial charge < -0.3 is 5.73 Å². The van der Waals surface area contributed by atoms with E-state index in [0.717, 1.165) is 12.1 Å². The van der Waals surface area contributed by atoms with Crippen LogP contribution in [0.2, 0.25) is 0 Å². The first-order chi connectivity index (χ1) is 9.58. The Morgan fingerprint density at radius 2 is 2.05 bits per heavy atom. The fourth-order valence-corrected chi connectivity index (χ4v) is 2.71. The van der Waals surface area contributed by atoms with Gasteiger partial charge in [0.1, 0.15) is 0 Å². The highest BCUT2D eigenvalue weighted by Gasteiger charge is 2.21. The third-order valence-corrected chi connectivity index (χ3v) is 3.51. The molecule has 1 aromatic heterocycles. The summed E-state index contributed by atoms with van der Waals surface area (Å²) >= 11 is 0. The van der Waals surface area contributed by atoms with Gasteiger partial charge in [0.15, 0.2) is 0 Å². The summed E-state index contributed by atoms with van der Waals surface area (Å²) in [6.45, 7) is 5.04. The van der Waals surface area contributed by atoms with Gasteiger partial charge in [-0.25, -0.2) is 0 Å². The van der Waals surface area contributed by atoms with Gasteiger partial charge in [-0.2, -0.15) is 0 Å². The molecule has 2 aromatic rings. The predicted octanol–water partition coefficient (Wildman–Crippen LogP) is 2.91. The van der Waals surface area contributed by atoms with E-state index in [4.69, 9.17) is 5.73 Å². The maximum absolute atomic E-state index is 6.18. The molecule has 20 heavy (non-hydrogen) atoms. The Labute approximate surface area is 121 Å². The second-order valence-electron chi connectivity index (χ2n) is 5.49. The van der Waals surface area contributed by atoms with Crippen molar-refractivity contribution in [2.75, 3.05) is 7.05 Å². The maximum Gasteiger partial charge on any atom is 0.0512 e. The zero-order chi connectivity index (χ0) is 14.5. The Morgan fingerprint density at radius 1 is 1.25 bits per heavy atom. The van der Waals surface area contributed by atoms with Gasteiger partial charge in [-0.05, 0) is 38.1 Å². The fourth-order valence-electron chi connectivity index (χ4n) is 2.71. The van der Waals surface area contributed by atoms with E-state index in [1.54, 1.807) is 6.20 Å². The molecule has 0 spiro atoms. The van der Waals surface area contributed by atoms with Crippen molar-refractivity contribution in [3.05, 3.63) is 65.5 Å². The molecule has 0 aliphatic rings. The van der Waals surface area contributed by atoms with Crippen molar-refractivity contribution in [2.45, 2.75) is 32.5 Å². The monoisotopic (exact) mass is 269 g/mol. The molecule has 0 aliphatic heterocycles. The van der Waals surface area contributed by atoms with Gasteiger partial charge in [0.25, 0.3) is 0 Å². The Bertz CT molecular complexity index is 537. The largest absolute Gasteiger partial charge is 0.326 e. The van der Waals surface area contributed by atoms with Gasteiger partial charge in [0, 0.05) is 25.0 Å². The maximum atomic E-state index is 6.18. The second-order valence-corrected chi connectivity index (χ2v) is 5.49. The number of nitrogens with zero attached hydrogens (tertiary/aromatic N) is 2. The highest BCUT2D eigenvalue weighted by atomic mass is 15.1. The van der Waals surface area contributed by atoms with Crippen LogP contribution < -0.4 is 5.73 Å². The molecule has 0 saturated heterocycles. The van der Waals surface area contributed by atoms with Crippen molar-refractivity contribution in [2.24, 2.45) is 5.73 Å². The third-order valence-electron chi connectivity index (χ3n) is 3.51. The lowest BCUT2D eigenvalue weighted by atomic mass is 10.0. The first-order valence-corrected chi connectivity index (χ1v) is 6.99. The molecule has 0 amide bonds. The molecule has 1 heterocycles. The number of hydrogen-bond acceptors (Lipinski definition) is 3. The molecule has 2 rings (SSSR count).